The van der Waals surface area contributed by atoms with Crippen molar-refractivity contribution in [1.82, 2.24) is 24.3 Å². The van der Waals surface area contributed by atoms with E-state index in [1.807, 2.05) is 90.1 Å². The Morgan fingerprint density at radius 1 is 1.12 bits per heavy atom. The number of nitrogens with zero attached hydrogens (tertiary/aromatic N) is 6. The van der Waals surface area contributed by atoms with Crippen LogP contribution in [0.2, 0.25) is 0 Å². The van der Waals surface area contributed by atoms with Crippen molar-refractivity contribution in [2.45, 2.75) is 18.9 Å². The van der Waals surface area contributed by atoms with Crippen molar-refractivity contribution in [2.24, 2.45) is 0 Å². The number of rotatable bonds is 7. The van der Waals surface area contributed by atoms with Gasteiger partial charge in [-0.3, -0.25) is 4.40 Å². The molecule has 4 heterocycles. The number of aromatic nitrogens is 4. The van der Waals surface area contributed by atoms with Crippen molar-refractivity contribution in [3.63, 3.8) is 0 Å². The van der Waals surface area contributed by atoms with Crippen molar-refractivity contribution in [3.8, 4) is 28.4 Å². The number of nitrogens with one attached hydrogen (secondary N) is 2. The number of amides is 2. The molecule has 1 fully saturated rings. The Morgan fingerprint density at radius 2 is 1.98 bits per heavy atom. The fourth-order valence-corrected chi connectivity index (χ4v) is 5.78. The summed E-state index contributed by atoms with van der Waals surface area (Å²) in [6.45, 7) is 1.27. The van der Waals surface area contributed by atoms with Gasteiger partial charge in [-0.15, -0.1) is 11.3 Å². The van der Waals surface area contributed by atoms with Crippen LogP contribution in [-0.4, -0.2) is 70.6 Å². The third-order valence-electron chi connectivity index (χ3n) is 7.18. The molecule has 11 heteroatoms. The number of anilines is 3. The first-order valence-electron chi connectivity index (χ1n) is 13.5. The standard InChI is InChI=1S/C30H32N8O2S/c1-36(2)23-11-9-21(10-12-23)33-29(39)37-15-5-7-22(19-37)32-28-31-14-13-25(34-28)27-26(35-30-38(27)16-17-41-30)20-6-4-8-24(18-20)40-3/h4,6,8-14,16-18,22H,5,7,15,19H2,1-3H3,(H,33,39)(H,31,32,34)/t22-/m1/s1. The highest BCUT2D eigenvalue weighted by Gasteiger charge is 2.25. The van der Waals surface area contributed by atoms with Crippen molar-refractivity contribution in [1.29, 1.82) is 0 Å². The molecule has 0 radical (unpaired) electrons. The average Bonchev–Trinajstić information content (AvgIpc) is 3.59. The quantitative estimate of drug-likeness (QED) is 0.260. The van der Waals surface area contributed by atoms with Gasteiger partial charge in [0.1, 0.15) is 11.4 Å². The summed E-state index contributed by atoms with van der Waals surface area (Å²) in [7, 11) is 5.64. The van der Waals surface area contributed by atoms with E-state index in [1.54, 1.807) is 24.6 Å². The summed E-state index contributed by atoms with van der Waals surface area (Å²) in [6.07, 6.45) is 5.58. The van der Waals surface area contributed by atoms with Gasteiger partial charge in [-0.1, -0.05) is 12.1 Å². The largest absolute Gasteiger partial charge is 0.497 e. The maximum Gasteiger partial charge on any atom is 0.321 e. The van der Waals surface area contributed by atoms with Gasteiger partial charge in [-0.25, -0.2) is 19.7 Å². The molecule has 5 aromatic rings. The molecule has 41 heavy (non-hydrogen) atoms. The van der Waals surface area contributed by atoms with Crippen LogP contribution in [0.15, 0.2) is 72.4 Å². The first-order chi connectivity index (χ1) is 20.0. The predicted molar refractivity (Wildman–Crippen MR) is 164 cm³/mol. The van der Waals surface area contributed by atoms with Crippen LogP contribution >= 0.6 is 11.3 Å². The first kappa shape index (κ1) is 26.6. The van der Waals surface area contributed by atoms with Crippen LogP contribution in [0.4, 0.5) is 22.1 Å². The van der Waals surface area contributed by atoms with E-state index < -0.39 is 0 Å². The zero-order valence-electron chi connectivity index (χ0n) is 23.2. The Bertz CT molecular complexity index is 1660. The summed E-state index contributed by atoms with van der Waals surface area (Å²) in [5, 5.41) is 8.51. The minimum atomic E-state index is -0.106. The number of urea groups is 1. The third kappa shape index (κ3) is 5.66. The topological polar surface area (TPSA) is 99.9 Å². The summed E-state index contributed by atoms with van der Waals surface area (Å²) >= 11 is 1.58. The molecule has 1 aliphatic heterocycles. The van der Waals surface area contributed by atoms with Gasteiger partial charge in [0, 0.05) is 67.9 Å². The summed E-state index contributed by atoms with van der Waals surface area (Å²) in [4.78, 5) is 32.1. The van der Waals surface area contributed by atoms with Gasteiger partial charge in [0.05, 0.1) is 18.5 Å². The van der Waals surface area contributed by atoms with E-state index >= 15 is 0 Å². The number of piperidine rings is 1. The molecule has 0 saturated carbocycles. The second-order valence-corrected chi connectivity index (χ2v) is 11.0. The van der Waals surface area contributed by atoms with Gasteiger partial charge in [0.2, 0.25) is 5.95 Å². The summed E-state index contributed by atoms with van der Waals surface area (Å²) < 4.78 is 7.51. The highest BCUT2D eigenvalue weighted by Crippen LogP contribution is 2.35. The number of hydrogen-bond donors (Lipinski definition) is 2. The lowest BCUT2D eigenvalue weighted by Gasteiger charge is -2.33. The van der Waals surface area contributed by atoms with E-state index in [0.29, 0.717) is 19.0 Å². The van der Waals surface area contributed by atoms with E-state index in [9.17, 15) is 4.79 Å². The van der Waals surface area contributed by atoms with E-state index in [1.165, 1.54) is 0 Å². The molecule has 6 rings (SSSR count). The van der Waals surface area contributed by atoms with Crippen LogP contribution in [0, 0.1) is 0 Å². The van der Waals surface area contributed by atoms with Gasteiger partial charge >= 0.3 is 6.03 Å². The van der Waals surface area contributed by atoms with Gasteiger partial charge in [-0.05, 0) is 55.3 Å². The molecule has 0 unspecified atom stereocenters. The van der Waals surface area contributed by atoms with Crippen LogP contribution in [0.5, 0.6) is 5.75 Å². The molecule has 3 aromatic heterocycles. The van der Waals surface area contributed by atoms with Crippen molar-refractivity contribution in [2.75, 3.05) is 49.8 Å². The SMILES string of the molecule is COc1cccc(-c2nc3sccn3c2-c2ccnc(N[C@@H]3CCCN(C(=O)Nc4ccc(N(C)C)cc4)C3)n2)c1. The van der Waals surface area contributed by atoms with Crippen LogP contribution in [-0.2, 0) is 0 Å². The van der Waals surface area contributed by atoms with Gasteiger partial charge < -0.3 is 25.2 Å². The summed E-state index contributed by atoms with van der Waals surface area (Å²) in [6, 6.07) is 17.5. The van der Waals surface area contributed by atoms with E-state index in [0.717, 1.165) is 57.6 Å². The number of benzene rings is 2. The highest BCUT2D eigenvalue weighted by atomic mass is 32.1. The molecular weight excluding hydrogens is 536 g/mol. The molecule has 2 amide bonds. The minimum Gasteiger partial charge on any atom is -0.497 e. The first-order valence-corrected chi connectivity index (χ1v) is 14.4. The highest BCUT2D eigenvalue weighted by molar-refractivity contribution is 7.15. The normalized spacial score (nSPS) is 15.1. The monoisotopic (exact) mass is 568 g/mol. The molecule has 1 atom stereocenters. The number of hydrogen-bond acceptors (Lipinski definition) is 8. The van der Waals surface area contributed by atoms with E-state index in [4.69, 9.17) is 14.7 Å². The van der Waals surface area contributed by atoms with Gasteiger partial charge in [0.25, 0.3) is 0 Å². The van der Waals surface area contributed by atoms with Crippen molar-refractivity contribution >= 4 is 39.7 Å². The summed E-state index contributed by atoms with van der Waals surface area (Å²) in [5.74, 6) is 1.29. The smallest absolute Gasteiger partial charge is 0.321 e. The Labute approximate surface area is 242 Å². The van der Waals surface area contributed by atoms with E-state index in [2.05, 4.69) is 20.0 Å². The third-order valence-corrected chi connectivity index (χ3v) is 7.94. The van der Waals surface area contributed by atoms with Crippen LogP contribution < -0.4 is 20.3 Å². The van der Waals surface area contributed by atoms with Gasteiger partial charge in [0.15, 0.2) is 4.96 Å². The number of carbonyl (C=O) groups is 1. The lowest BCUT2D eigenvalue weighted by atomic mass is 10.1. The van der Waals surface area contributed by atoms with Crippen LogP contribution in [0.3, 0.4) is 0 Å². The van der Waals surface area contributed by atoms with Crippen LogP contribution in [0.1, 0.15) is 12.8 Å². The lowest BCUT2D eigenvalue weighted by Crippen LogP contribution is -2.47. The molecular formula is C30H32N8O2S. The number of fused-ring (bicyclic) bond motifs is 1. The predicted octanol–water partition coefficient (Wildman–Crippen LogP) is 5.70. The number of likely N-dealkylation sites (tertiary alicyclic amines) is 1. The Hall–Kier alpha value is -4.64. The number of imidazole rings is 1. The number of methoxy groups -OCH3 is 1. The molecule has 0 bridgehead atoms. The molecule has 210 valence electrons. The van der Waals surface area contributed by atoms with Crippen molar-refractivity contribution in [3.05, 3.63) is 72.4 Å². The molecule has 1 saturated heterocycles. The Kier molecular flexibility index (Phi) is 7.43. The fourth-order valence-electron chi connectivity index (χ4n) is 5.07. The zero-order chi connectivity index (χ0) is 28.3. The van der Waals surface area contributed by atoms with E-state index in [-0.39, 0.29) is 12.1 Å². The molecule has 0 aliphatic carbocycles. The Balaban J connectivity index is 1.19. The second-order valence-electron chi connectivity index (χ2n) is 10.2. The minimum absolute atomic E-state index is 0.0327. The molecule has 2 N–H and O–H groups in total. The lowest BCUT2D eigenvalue weighted by molar-refractivity contribution is 0.196. The number of carbonyl (C=O) groups excluding carboxylic acids is 1. The number of ether oxygens (including phenoxy) is 1. The molecule has 0 spiro atoms. The Morgan fingerprint density at radius 3 is 2.78 bits per heavy atom. The van der Waals surface area contributed by atoms with Gasteiger partial charge in [-0.2, -0.15) is 0 Å². The average molecular weight is 569 g/mol. The van der Waals surface area contributed by atoms with Crippen molar-refractivity contribution < 1.29 is 9.53 Å². The zero-order valence-corrected chi connectivity index (χ0v) is 24.1. The number of thiazole rings is 1. The second kappa shape index (κ2) is 11.5. The molecule has 2 aromatic carbocycles. The summed E-state index contributed by atoms with van der Waals surface area (Å²) in [5.41, 5.74) is 5.30. The maximum atomic E-state index is 13.0. The fraction of sp³-hybridized carbons (Fsp3) is 0.267. The molecule has 10 nitrogen and oxygen atoms in total. The molecule has 1 aliphatic rings. The van der Waals surface area contributed by atoms with Crippen LogP contribution in [0.25, 0.3) is 27.6 Å². The maximum absolute atomic E-state index is 13.0.